The third-order valence-electron chi connectivity index (χ3n) is 5.91. The fourth-order valence-electron chi connectivity index (χ4n) is 4.31. The van der Waals surface area contributed by atoms with Crippen molar-refractivity contribution in [3.05, 3.63) is 52.8 Å². The normalized spacial score (nSPS) is 21.6. The van der Waals surface area contributed by atoms with Crippen LogP contribution in [-0.4, -0.2) is 33.0 Å². The molecule has 1 aliphatic heterocycles. The Balaban J connectivity index is 1.40. The number of aromatic nitrogens is 2. The van der Waals surface area contributed by atoms with Crippen LogP contribution in [0.5, 0.6) is 0 Å². The Bertz CT molecular complexity index is 969. The van der Waals surface area contributed by atoms with Gasteiger partial charge >= 0.3 is 6.18 Å². The first-order chi connectivity index (χ1) is 14.2. The zero-order valence-corrected chi connectivity index (χ0v) is 16.6. The molecule has 6 nitrogen and oxygen atoms in total. The molecule has 1 aromatic carbocycles. The first kappa shape index (κ1) is 20.4. The van der Waals surface area contributed by atoms with E-state index in [1.165, 1.54) is 11.0 Å². The molecule has 160 valence electrons. The maximum atomic E-state index is 12.9. The molecular formula is C21H23F3N4O2. The van der Waals surface area contributed by atoms with E-state index in [1.807, 2.05) is 11.7 Å². The molecule has 0 spiro atoms. The molecule has 2 atom stereocenters. The van der Waals surface area contributed by atoms with Crippen molar-refractivity contribution in [3.8, 4) is 0 Å². The van der Waals surface area contributed by atoms with E-state index < -0.39 is 17.7 Å². The summed E-state index contributed by atoms with van der Waals surface area (Å²) in [6.45, 7) is 0.260. The van der Waals surface area contributed by atoms with Crippen molar-refractivity contribution in [2.24, 2.45) is 13.0 Å². The quantitative estimate of drug-likeness (QED) is 0.827. The molecule has 0 radical (unpaired) electrons. The number of hydrogen-bond acceptors (Lipinski definition) is 3. The van der Waals surface area contributed by atoms with Crippen molar-refractivity contribution in [3.63, 3.8) is 0 Å². The van der Waals surface area contributed by atoms with Gasteiger partial charge in [-0.1, -0.05) is 12.1 Å². The Morgan fingerprint density at radius 1 is 1.33 bits per heavy atom. The minimum absolute atomic E-state index is 0.0582. The van der Waals surface area contributed by atoms with Crippen molar-refractivity contribution in [2.75, 3.05) is 6.54 Å². The van der Waals surface area contributed by atoms with Gasteiger partial charge in [0.25, 0.3) is 0 Å². The first-order valence-electron chi connectivity index (χ1n) is 9.97. The molecule has 0 unspecified atom stereocenters. The largest absolute Gasteiger partial charge is 0.416 e. The highest BCUT2D eigenvalue weighted by atomic mass is 19.4. The van der Waals surface area contributed by atoms with Gasteiger partial charge in [0.1, 0.15) is 0 Å². The smallest absolute Gasteiger partial charge is 0.349 e. The Kier molecular flexibility index (Phi) is 5.29. The molecule has 1 fully saturated rings. The maximum Gasteiger partial charge on any atom is 0.416 e. The average Bonchev–Trinajstić information content (AvgIpc) is 3.25. The second kappa shape index (κ2) is 7.77. The van der Waals surface area contributed by atoms with Crippen LogP contribution in [0, 0.1) is 5.92 Å². The standard InChI is InChI=1S/C21H23F3N4O2/c1-27-18-7-3-6-17(16(18)10-25-27)26-20(30)14-9-19(29)28(12-14)11-13-4-2-5-15(8-13)21(22,23)24/h2,4-5,8,10,14,17H,3,6-7,9,11-12H2,1H3,(H,26,30)/t14-,17+/m0/s1. The van der Waals surface area contributed by atoms with E-state index in [0.717, 1.165) is 42.7 Å². The van der Waals surface area contributed by atoms with E-state index in [2.05, 4.69) is 10.4 Å². The fourth-order valence-corrected chi connectivity index (χ4v) is 4.31. The first-order valence-corrected chi connectivity index (χ1v) is 9.97. The molecule has 2 heterocycles. The second-order valence-corrected chi connectivity index (χ2v) is 8.00. The van der Waals surface area contributed by atoms with Crippen molar-refractivity contribution >= 4 is 11.8 Å². The number of hydrogen-bond donors (Lipinski definition) is 1. The lowest BCUT2D eigenvalue weighted by Gasteiger charge is -2.25. The summed E-state index contributed by atoms with van der Waals surface area (Å²) in [4.78, 5) is 26.6. The van der Waals surface area contributed by atoms with Crippen molar-refractivity contribution in [2.45, 2.75) is 44.4 Å². The highest BCUT2D eigenvalue weighted by molar-refractivity contribution is 5.89. The number of nitrogens with zero attached hydrogens (tertiary/aromatic N) is 3. The molecule has 9 heteroatoms. The lowest BCUT2D eigenvalue weighted by Crippen LogP contribution is -2.36. The van der Waals surface area contributed by atoms with Gasteiger partial charge in [0.15, 0.2) is 0 Å². The van der Waals surface area contributed by atoms with E-state index in [1.54, 1.807) is 12.3 Å². The second-order valence-electron chi connectivity index (χ2n) is 8.00. The summed E-state index contributed by atoms with van der Waals surface area (Å²) in [5.41, 5.74) is 1.78. The SMILES string of the molecule is Cn1ncc2c1CCC[C@H]2NC(=O)[C@H]1CC(=O)N(Cc2cccc(C(F)(F)F)c2)C1. The minimum Gasteiger partial charge on any atom is -0.349 e. The van der Waals surface area contributed by atoms with Crippen molar-refractivity contribution in [1.82, 2.24) is 20.0 Å². The number of amides is 2. The molecule has 1 saturated heterocycles. The number of benzene rings is 1. The molecular weight excluding hydrogens is 397 g/mol. The zero-order valence-electron chi connectivity index (χ0n) is 16.6. The molecule has 1 aromatic heterocycles. The summed E-state index contributed by atoms with van der Waals surface area (Å²) < 4.78 is 40.6. The predicted octanol–water partition coefficient (Wildman–Crippen LogP) is 2.98. The summed E-state index contributed by atoms with van der Waals surface area (Å²) in [6.07, 6.45) is 0.0991. The number of nitrogens with one attached hydrogen (secondary N) is 1. The van der Waals surface area contributed by atoms with Crippen LogP contribution >= 0.6 is 0 Å². The summed E-state index contributed by atoms with van der Waals surface area (Å²) in [6, 6.07) is 4.82. The maximum absolute atomic E-state index is 12.9. The van der Waals surface area contributed by atoms with Gasteiger partial charge in [-0.15, -0.1) is 0 Å². The number of alkyl halides is 3. The van der Waals surface area contributed by atoms with Gasteiger partial charge in [-0.3, -0.25) is 14.3 Å². The summed E-state index contributed by atoms with van der Waals surface area (Å²) in [7, 11) is 1.88. The van der Waals surface area contributed by atoms with Crippen LogP contribution in [-0.2, 0) is 35.8 Å². The van der Waals surface area contributed by atoms with Gasteiger partial charge in [-0.2, -0.15) is 18.3 Å². The summed E-state index contributed by atoms with van der Waals surface area (Å²) in [5, 5.41) is 7.32. The average molecular weight is 420 g/mol. The molecule has 1 aliphatic carbocycles. The molecule has 2 amide bonds. The van der Waals surface area contributed by atoms with E-state index in [9.17, 15) is 22.8 Å². The molecule has 1 N–H and O–H groups in total. The van der Waals surface area contributed by atoms with Crippen LogP contribution in [0.2, 0.25) is 0 Å². The van der Waals surface area contributed by atoms with Crippen LogP contribution < -0.4 is 5.32 Å². The Labute approximate surface area is 172 Å². The van der Waals surface area contributed by atoms with Crippen LogP contribution in [0.15, 0.2) is 30.5 Å². The van der Waals surface area contributed by atoms with Crippen molar-refractivity contribution in [1.29, 1.82) is 0 Å². The number of rotatable bonds is 4. The van der Waals surface area contributed by atoms with E-state index in [0.29, 0.717) is 5.56 Å². The Morgan fingerprint density at radius 2 is 2.13 bits per heavy atom. The van der Waals surface area contributed by atoms with E-state index in [4.69, 9.17) is 0 Å². The minimum atomic E-state index is -4.43. The highest BCUT2D eigenvalue weighted by Crippen LogP contribution is 2.32. The van der Waals surface area contributed by atoms with Gasteiger partial charge in [0.2, 0.25) is 11.8 Å². The number of likely N-dealkylation sites (tertiary alicyclic amines) is 1. The third-order valence-corrected chi connectivity index (χ3v) is 5.91. The zero-order chi connectivity index (χ0) is 21.5. The van der Waals surface area contributed by atoms with Gasteiger partial charge in [-0.05, 0) is 37.0 Å². The predicted molar refractivity (Wildman–Crippen MR) is 102 cm³/mol. The summed E-state index contributed by atoms with van der Waals surface area (Å²) in [5.74, 6) is -0.930. The van der Waals surface area contributed by atoms with Crippen LogP contribution in [0.3, 0.4) is 0 Å². The van der Waals surface area contributed by atoms with Crippen molar-refractivity contribution < 1.29 is 22.8 Å². The lowest BCUT2D eigenvalue weighted by molar-refractivity contribution is -0.137. The fraction of sp³-hybridized carbons (Fsp3) is 0.476. The molecule has 0 saturated carbocycles. The van der Waals surface area contributed by atoms with Gasteiger partial charge in [0.05, 0.1) is 23.7 Å². The highest BCUT2D eigenvalue weighted by Gasteiger charge is 2.36. The number of carbonyl (C=O) groups excluding carboxylic acids is 2. The lowest BCUT2D eigenvalue weighted by atomic mass is 9.92. The van der Waals surface area contributed by atoms with Crippen LogP contribution in [0.25, 0.3) is 0 Å². The Hall–Kier alpha value is -2.84. The molecule has 2 aromatic rings. The third kappa shape index (κ3) is 4.06. The molecule has 2 aliphatic rings. The van der Waals surface area contributed by atoms with E-state index >= 15 is 0 Å². The number of halogens is 3. The molecule has 4 rings (SSSR count). The number of carbonyl (C=O) groups is 2. The van der Waals surface area contributed by atoms with Crippen LogP contribution in [0.4, 0.5) is 13.2 Å². The molecule has 30 heavy (non-hydrogen) atoms. The number of aryl methyl sites for hydroxylation is 1. The topological polar surface area (TPSA) is 67.2 Å². The van der Waals surface area contributed by atoms with Gasteiger partial charge in [0, 0.05) is 37.8 Å². The van der Waals surface area contributed by atoms with E-state index in [-0.39, 0.29) is 37.4 Å². The Morgan fingerprint density at radius 3 is 2.90 bits per heavy atom. The van der Waals surface area contributed by atoms with Crippen LogP contribution in [0.1, 0.15) is 47.7 Å². The van der Waals surface area contributed by atoms with Gasteiger partial charge < -0.3 is 10.2 Å². The molecule has 0 bridgehead atoms. The van der Waals surface area contributed by atoms with Gasteiger partial charge in [-0.25, -0.2) is 0 Å². The summed E-state index contributed by atoms with van der Waals surface area (Å²) >= 11 is 0. The number of fused-ring (bicyclic) bond motifs is 1. The monoisotopic (exact) mass is 420 g/mol.